The molecule has 2 aromatic carbocycles. The van der Waals surface area contributed by atoms with Gasteiger partial charge in [-0.05, 0) is 60.4 Å². The minimum absolute atomic E-state index is 0.0110. The van der Waals surface area contributed by atoms with Gasteiger partial charge in [-0.1, -0.05) is 54.6 Å². The van der Waals surface area contributed by atoms with E-state index in [0.717, 1.165) is 23.1 Å². The molecule has 0 bridgehead atoms. The molecule has 4 rings (SSSR count). The first-order valence-electron chi connectivity index (χ1n) is 12.5. The van der Waals surface area contributed by atoms with E-state index >= 15 is 0 Å². The van der Waals surface area contributed by atoms with E-state index in [9.17, 15) is 9.59 Å². The second-order valence-electron chi connectivity index (χ2n) is 8.98. The van der Waals surface area contributed by atoms with E-state index in [1.807, 2.05) is 54.3 Å². The van der Waals surface area contributed by atoms with Crippen molar-refractivity contribution in [1.82, 2.24) is 9.80 Å². The first-order valence-corrected chi connectivity index (χ1v) is 13.8. The van der Waals surface area contributed by atoms with Gasteiger partial charge < -0.3 is 14.5 Å². The van der Waals surface area contributed by atoms with Crippen LogP contribution < -0.4 is 0 Å². The summed E-state index contributed by atoms with van der Waals surface area (Å²) in [6, 6.07) is 19.5. The number of ether oxygens (including phenoxy) is 1. The number of halogens is 1. The van der Waals surface area contributed by atoms with E-state index < -0.39 is 5.38 Å². The van der Waals surface area contributed by atoms with Crippen LogP contribution in [0.2, 0.25) is 0 Å². The number of fused-ring (bicyclic) bond motifs is 1. The molecule has 0 spiro atoms. The Kier molecular flexibility index (Phi) is 9.19. The van der Waals surface area contributed by atoms with Crippen molar-refractivity contribution in [1.29, 1.82) is 0 Å². The van der Waals surface area contributed by atoms with Crippen molar-refractivity contribution in [2.24, 2.45) is 0 Å². The normalized spacial score (nSPS) is 15.9. The van der Waals surface area contributed by atoms with Gasteiger partial charge >= 0.3 is 0 Å². The van der Waals surface area contributed by atoms with Crippen LogP contribution in [0.1, 0.15) is 51.9 Å². The van der Waals surface area contributed by atoms with Crippen LogP contribution in [-0.4, -0.2) is 54.5 Å². The van der Waals surface area contributed by atoms with Crippen LogP contribution in [0.4, 0.5) is 0 Å². The lowest BCUT2D eigenvalue weighted by Crippen LogP contribution is -2.47. The molecule has 0 N–H and O–H groups in total. The van der Waals surface area contributed by atoms with Crippen molar-refractivity contribution in [2.45, 2.75) is 38.1 Å². The van der Waals surface area contributed by atoms with Crippen LogP contribution in [0.3, 0.4) is 0 Å². The zero-order valence-electron chi connectivity index (χ0n) is 20.9. The Bertz CT molecular complexity index is 1170. The van der Waals surface area contributed by atoms with E-state index in [2.05, 4.69) is 30.5 Å². The van der Waals surface area contributed by atoms with Crippen LogP contribution in [0.25, 0.3) is 0 Å². The maximum atomic E-state index is 13.8. The molecule has 2 heterocycles. The summed E-state index contributed by atoms with van der Waals surface area (Å²) in [7, 11) is 0. The molecular formula is C29H33ClN2O3S. The lowest BCUT2D eigenvalue weighted by molar-refractivity contribution is -0.141. The maximum absolute atomic E-state index is 13.8. The second kappa shape index (κ2) is 12.5. The number of hydrogen-bond acceptors (Lipinski definition) is 4. The molecule has 2 unspecified atom stereocenters. The van der Waals surface area contributed by atoms with E-state index in [1.54, 1.807) is 16.2 Å². The number of rotatable bonds is 10. The van der Waals surface area contributed by atoms with Gasteiger partial charge in [-0.3, -0.25) is 9.59 Å². The smallest absolute Gasteiger partial charge is 0.245 e. The molecule has 36 heavy (non-hydrogen) atoms. The van der Waals surface area contributed by atoms with Crippen molar-refractivity contribution >= 4 is 34.8 Å². The van der Waals surface area contributed by atoms with Crippen molar-refractivity contribution in [3.8, 4) is 0 Å². The Labute approximate surface area is 222 Å². The number of amides is 2. The molecule has 0 saturated heterocycles. The van der Waals surface area contributed by atoms with Crippen LogP contribution in [0.5, 0.6) is 0 Å². The highest BCUT2D eigenvalue weighted by Crippen LogP contribution is 2.39. The fourth-order valence-electron chi connectivity index (χ4n) is 4.76. The predicted molar refractivity (Wildman–Crippen MR) is 145 cm³/mol. The van der Waals surface area contributed by atoms with Gasteiger partial charge in [0, 0.05) is 31.2 Å². The fraction of sp³-hybridized carbons (Fsp3) is 0.379. The third kappa shape index (κ3) is 6.00. The van der Waals surface area contributed by atoms with Gasteiger partial charge in [0.05, 0.1) is 12.6 Å². The molecule has 0 fully saturated rings. The summed E-state index contributed by atoms with van der Waals surface area (Å²) in [6.45, 7) is 6.19. The maximum Gasteiger partial charge on any atom is 0.245 e. The number of nitrogens with zero attached hydrogens (tertiary/aromatic N) is 2. The minimum atomic E-state index is -0.844. The van der Waals surface area contributed by atoms with Crippen molar-refractivity contribution in [2.75, 3.05) is 32.8 Å². The molecule has 1 aliphatic rings. The summed E-state index contributed by atoms with van der Waals surface area (Å²) in [5.41, 5.74) is 4.18. The molecule has 3 aromatic rings. The summed E-state index contributed by atoms with van der Waals surface area (Å²) in [4.78, 5) is 32.2. The molecule has 0 aliphatic carbocycles. The van der Waals surface area contributed by atoms with Gasteiger partial charge in [-0.15, -0.1) is 22.9 Å². The molecule has 7 heteroatoms. The van der Waals surface area contributed by atoms with Gasteiger partial charge in [0.2, 0.25) is 11.8 Å². The first kappa shape index (κ1) is 26.4. The van der Waals surface area contributed by atoms with Gasteiger partial charge in [0.15, 0.2) is 0 Å². The van der Waals surface area contributed by atoms with Crippen LogP contribution in [0, 0.1) is 6.92 Å². The third-order valence-electron chi connectivity index (χ3n) is 6.64. The highest BCUT2D eigenvalue weighted by molar-refractivity contribution is 7.10. The molecular weight excluding hydrogens is 492 g/mol. The Morgan fingerprint density at radius 2 is 1.86 bits per heavy atom. The number of thiophene rings is 1. The Morgan fingerprint density at radius 1 is 1.11 bits per heavy atom. The molecule has 2 atom stereocenters. The quantitative estimate of drug-likeness (QED) is 0.250. The van der Waals surface area contributed by atoms with Crippen LogP contribution in [-0.2, 0) is 20.7 Å². The van der Waals surface area contributed by atoms with Crippen molar-refractivity contribution in [3.05, 3.63) is 93.2 Å². The number of benzene rings is 2. The highest BCUT2D eigenvalue weighted by Gasteiger charge is 2.35. The average Bonchev–Trinajstić information content (AvgIpc) is 3.39. The lowest BCUT2D eigenvalue weighted by atomic mass is 9.90. The summed E-state index contributed by atoms with van der Waals surface area (Å²) >= 11 is 8.36. The topological polar surface area (TPSA) is 49.9 Å². The summed E-state index contributed by atoms with van der Waals surface area (Å²) in [6.07, 6.45) is 1.46. The van der Waals surface area contributed by atoms with Gasteiger partial charge in [-0.2, -0.15) is 0 Å². The number of hydrogen-bond donors (Lipinski definition) is 0. The van der Waals surface area contributed by atoms with Gasteiger partial charge in [0.1, 0.15) is 5.38 Å². The highest BCUT2D eigenvalue weighted by atomic mass is 35.5. The van der Waals surface area contributed by atoms with Gasteiger partial charge in [0.25, 0.3) is 0 Å². The van der Waals surface area contributed by atoms with Crippen LogP contribution >= 0.6 is 22.9 Å². The van der Waals surface area contributed by atoms with Crippen molar-refractivity contribution < 1.29 is 14.3 Å². The summed E-state index contributed by atoms with van der Waals surface area (Å²) in [5, 5.41) is 1.26. The zero-order valence-corrected chi connectivity index (χ0v) is 22.4. The lowest BCUT2D eigenvalue weighted by Gasteiger charge is -2.38. The number of carbonyl (C=O) groups is 2. The third-order valence-corrected chi connectivity index (χ3v) is 8.07. The second-order valence-corrected chi connectivity index (χ2v) is 10.4. The average molecular weight is 525 g/mol. The minimum Gasteiger partial charge on any atom is -0.382 e. The molecule has 1 aliphatic heterocycles. The molecule has 5 nitrogen and oxygen atoms in total. The standard InChI is InChI=1S/C29H33ClN2O3S/c1-3-35-18-9-16-31(29(34)27(30)22-11-5-4-6-12-22)20-26(33)32-17-14-25-24(15-19-36-25)28(32)23-13-8-7-10-21(23)2/h4-8,10-13,15,19,27-28H,3,9,14,16-18,20H2,1-2H3. The number of aryl methyl sites for hydroxylation is 1. The SMILES string of the molecule is CCOCCCN(CC(=O)N1CCc2sccc2C1c1ccccc1C)C(=O)C(Cl)c1ccccc1. The summed E-state index contributed by atoms with van der Waals surface area (Å²) < 4.78 is 5.48. The molecule has 190 valence electrons. The first-order chi connectivity index (χ1) is 17.5. The Morgan fingerprint density at radius 3 is 2.61 bits per heavy atom. The molecule has 0 saturated carbocycles. The fourth-order valence-corrected chi connectivity index (χ4v) is 5.95. The molecule has 1 aromatic heterocycles. The molecule has 0 radical (unpaired) electrons. The number of carbonyl (C=O) groups excluding carboxylic acids is 2. The van der Waals surface area contributed by atoms with E-state index in [0.29, 0.717) is 32.7 Å². The Hall–Kier alpha value is -2.67. The van der Waals surface area contributed by atoms with E-state index in [-0.39, 0.29) is 24.4 Å². The predicted octanol–water partition coefficient (Wildman–Crippen LogP) is 5.77. The van der Waals surface area contributed by atoms with E-state index in [4.69, 9.17) is 16.3 Å². The Balaban J connectivity index is 1.58. The zero-order chi connectivity index (χ0) is 25.5. The summed E-state index contributed by atoms with van der Waals surface area (Å²) in [5.74, 6) is -0.324. The van der Waals surface area contributed by atoms with Crippen LogP contribution in [0.15, 0.2) is 66.0 Å². The van der Waals surface area contributed by atoms with Gasteiger partial charge in [-0.25, -0.2) is 0 Å². The van der Waals surface area contributed by atoms with E-state index in [1.165, 1.54) is 10.4 Å². The van der Waals surface area contributed by atoms with Crippen molar-refractivity contribution in [3.63, 3.8) is 0 Å². The largest absolute Gasteiger partial charge is 0.382 e. The monoisotopic (exact) mass is 524 g/mol. The number of alkyl halides is 1. The molecule has 2 amide bonds.